The molecular formula is C16H16FNO3. The smallest absolute Gasteiger partial charge is 0.233 e. The van der Waals surface area contributed by atoms with E-state index in [4.69, 9.17) is 4.74 Å². The zero-order valence-corrected chi connectivity index (χ0v) is 11.7. The minimum Gasteiger partial charge on any atom is -0.494 e. The molecule has 0 radical (unpaired) electrons. The van der Waals surface area contributed by atoms with Crippen LogP contribution in [0.2, 0.25) is 0 Å². The number of amides is 2. The van der Waals surface area contributed by atoms with Gasteiger partial charge in [0.15, 0.2) is 11.6 Å². The first-order chi connectivity index (χ1) is 10.1. The van der Waals surface area contributed by atoms with Crippen LogP contribution in [0.25, 0.3) is 0 Å². The topological polar surface area (TPSA) is 46.6 Å². The number of hydrogen-bond acceptors (Lipinski definition) is 3. The van der Waals surface area contributed by atoms with Crippen LogP contribution < -0.4 is 4.74 Å². The molecule has 0 unspecified atom stereocenters. The number of carbonyl (C=O) groups excluding carboxylic acids is 2. The van der Waals surface area contributed by atoms with Gasteiger partial charge < -0.3 is 4.74 Å². The molecule has 1 heterocycles. The monoisotopic (exact) mass is 289 g/mol. The molecule has 1 aromatic rings. The molecule has 4 nitrogen and oxygen atoms in total. The predicted molar refractivity (Wildman–Crippen MR) is 73.9 cm³/mol. The second-order valence-corrected chi connectivity index (χ2v) is 5.39. The van der Waals surface area contributed by atoms with Gasteiger partial charge in [0.05, 0.1) is 25.5 Å². The fourth-order valence-electron chi connectivity index (χ4n) is 3.02. The number of rotatable bonds is 3. The summed E-state index contributed by atoms with van der Waals surface area (Å²) in [6.45, 7) is 0.117. The van der Waals surface area contributed by atoms with Gasteiger partial charge in [-0.25, -0.2) is 4.39 Å². The lowest BCUT2D eigenvalue weighted by molar-refractivity contribution is -0.140. The highest BCUT2D eigenvalue weighted by molar-refractivity contribution is 6.05. The number of methoxy groups -OCH3 is 1. The lowest BCUT2D eigenvalue weighted by Gasteiger charge is -2.15. The van der Waals surface area contributed by atoms with E-state index < -0.39 is 5.82 Å². The molecule has 1 fully saturated rings. The summed E-state index contributed by atoms with van der Waals surface area (Å²) in [5.41, 5.74) is 0.585. The SMILES string of the molecule is COc1ccc(CN2C(=O)[C@@H]3CC=CC[C@H]3C2=O)cc1F. The van der Waals surface area contributed by atoms with Crippen molar-refractivity contribution in [3.63, 3.8) is 0 Å². The van der Waals surface area contributed by atoms with Crippen LogP contribution in [-0.2, 0) is 16.1 Å². The molecule has 0 N–H and O–H groups in total. The minimum absolute atomic E-state index is 0.117. The van der Waals surface area contributed by atoms with Crippen LogP contribution in [0.1, 0.15) is 18.4 Å². The third kappa shape index (κ3) is 2.33. The molecule has 0 spiro atoms. The van der Waals surface area contributed by atoms with Gasteiger partial charge in [-0.3, -0.25) is 14.5 Å². The molecule has 0 bridgehead atoms. The van der Waals surface area contributed by atoms with Crippen LogP contribution in [0, 0.1) is 17.7 Å². The molecule has 0 aromatic heterocycles. The van der Waals surface area contributed by atoms with Crippen LogP contribution in [0.4, 0.5) is 4.39 Å². The number of fused-ring (bicyclic) bond motifs is 1. The Hall–Kier alpha value is -2.17. The summed E-state index contributed by atoms with van der Waals surface area (Å²) < 4.78 is 18.5. The molecule has 5 heteroatoms. The summed E-state index contributed by atoms with van der Waals surface area (Å²) in [6.07, 6.45) is 5.12. The van der Waals surface area contributed by atoms with Gasteiger partial charge in [0, 0.05) is 0 Å². The average molecular weight is 289 g/mol. The minimum atomic E-state index is -0.492. The normalized spacial score (nSPS) is 24.4. The summed E-state index contributed by atoms with van der Waals surface area (Å²) in [7, 11) is 1.39. The number of halogens is 1. The van der Waals surface area contributed by atoms with Crippen LogP contribution in [0.3, 0.4) is 0 Å². The van der Waals surface area contributed by atoms with E-state index in [9.17, 15) is 14.0 Å². The highest BCUT2D eigenvalue weighted by Gasteiger charge is 2.46. The number of carbonyl (C=O) groups is 2. The number of nitrogens with zero attached hydrogens (tertiary/aromatic N) is 1. The summed E-state index contributed by atoms with van der Waals surface area (Å²) in [6, 6.07) is 4.48. The molecule has 2 amide bonds. The fraction of sp³-hybridized carbons (Fsp3) is 0.375. The standard InChI is InChI=1S/C16H16FNO3/c1-21-14-7-6-10(8-13(14)17)9-18-15(19)11-4-2-3-5-12(11)16(18)20/h2-3,6-8,11-12H,4-5,9H2,1H3/t11-,12-/m1/s1. The Bertz CT molecular complexity index is 600. The lowest BCUT2D eigenvalue weighted by Crippen LogP contribution is -2.30. The van der Waals surface area contributed by atoms with E-state index in [2.05, 4.69) is 0 Å². The predicted octanol–water partition coefficient (Wildman–Crippen LogP) is 2.29. The van der Waals surface area contributed by atoms with Crippen LogP contribution >= 0.6 is 0 Å². The van der Waals surface area contributed by atoms with E-state index in [-0.39, 0.29) is 35.9 Å². The van der Waals surface area contributed by atoms with Gasteiger partial charge in [-0.15, -0.1) is 0 Å². The van der Waals surface area contributed by atoms with E-state index in [1.807, 2.05) is 12.2 Å². The molecule has 1 aliphatic heterocycles. The molecule has 21 heavy (non-hydrogen) atoms. The highest BCUT2D eigenvalue weighted by atomic mass is 19.1. The fourth-order valence-corrected chi connectivity index (χ4v) is 3.02. The lowest BCUT2D eigenvalue weighted by atomic mass is 9.85. The molecular weight excluding hydrogens is 273 g/mol. The maximum Gasteiger partial charge on any atom is 0.233 e. The Morgan fingerprint density at radius 1 is 1.19 bits per heavy atom. The Morgan fingerprint density at radius 2 is 1.81 bits per heavy atom. The van der Waals surface area contributed by atoms with Gasteiger partial charge in [-0.2, -0.15) is 0 Å². The van der Waals surface area contributed by atoms with Gasteiger partial charge in [-0.1, -0.05) is 18.2 Å². The second-order valence-electron chi connectivity index (χ2n) is 5.39. The van der Waals surface area contributed by atoms with Gasteiger partial charge in [-0.05, 0) is 30.5 Å². The molecule has 0 saturated carbocycles. The first kappa shape index (κ1) is 13.8. The van der Waals surface area contributed by atoms with E-state index in [0.717, 1.165) is 0 Å². The number of benzene rings is 1. The number of likely N-dealkylation sites (tertiary alicyclic amines) is 1. The largest absolute Gasteiger partial charge is 0.494 e. The van der Waals surface area contributed by atoms with Gasteiger partial charge in [0.2, 0.25) is 11.8 Å². The van der Waals surface area contributed by atoms with E-state index in [0.29, 0.717) is 18.4 Å². The average Bonchev–Trinajstić information content (AvgIpc) is 2.73. The van der Waals surface area contributed by atoms with E-state index in [1.165, 1.54) is 24.1 Å². The van der Waals surface area contributed by atoms with Crippen molar-refractivity contribution in [2.24, 2.45) is 11.8 Å². The van der Waals surface area contributed by atoms with Gasteiger partial charge in [0.1, 0.15) is 0 Å². The Kier molecular flexibility index (Phi) is 3.49. The zero-order valence-electron chi connectivity index (χ0n) is 11.7. The van der Waals surface area contributed by atoms with E-state index in [1.54, 1.807) is 6.07 Å². The molecule has 1 aromatic carbocycles. The van der Waals surface area contributed by atoms with Gasteiger partial charge >= 0.3 is 0 Å². The maximum absolute atomic E-state index is 13.7. The third-order valence-electron chi connectivity index (χ3n) is 4.16. The van der Waals surface area contributed by atoms with Crippen molar-refractivity contribution >= 4 is 11.8 Å². The molecule has 1 aliphatic carbocycles. The van der Waals surface area contributed by atoms with Crippen molar-refractivity contribution in [2.45, 2.75) is 19.4 Å². The van der Waals surface area contributed by atoms with Crippen molar-refractivity contribution in [1.29, 1.82) is 0 Å². The number of imide groups is 1. The Balaban J connectivity index is 1.80. The van der Waals surface area contributed by atoms with Crippen LogP contribution in [0.15, 0.2) is 30.4 Å². The van der Waals surface area contributed by atoms with Crippen molar-refractivity contribution in [2.75, 3.05) is 7.11 Å². The zero-order chi connectivity index (χ0) is 15.0. The first-order valence-electron chi connectivity index (χ1n) is 6.94. The summed E-state index contributed by atoms with van der Waals surface area (Å²) in [4.78, 5) is 25.9. The molecule has 3 rings (SSSR count). The summed E-state index contributed by atoms with van der Waals surface area (Å²) in [5, 5.41) is 0. The Labute approximate surface area is 122 Å². The van der Waals surface area contributed by atoms with Crippen molar-refractivity contribution in [3.05, 3.63) is 41.7 Å². The number of ether oxygens (including phenoxy) is 1. The Morgan fingerprint density at radius 3 is 2.33 bits per heavy atom. The molecule has 2 atom stereocenters. The van der Waals surface area contributed by atoms with Crippen molar-refractivity contribution < 1.29 is 18.7 Å². The third-order valence-corrected chi connectivity index (χ3v) is 4.16. The second kappa shape index (κ2) is 5.31. The van der Waals surface area contributed by atoms with Crippen molar-refractivity contribution in [3.8, 4) is 5.75 Å². The van der Waals surface area contributed by atoms with Crippen LogP contribution in [-0.4, -0.2) is 23.8 Å². The summed E-state index contributed by atoms with van der Waals surface area (Å²) >= 11 is 0. The molecule has 2 aliphatic rings. The highest BCUT2D eigenvalue weighted by Crippen LogP contribution is 2.35. The van der Waals surface area contributed by atoms with E-state index >= 15 is 0 Å². The number of allylic oxidation sites excluding steroid dienone is 2. The van der Waals surface area contributed by atoms with Gasteiger partial charge in [0.25, 0.3) is 0 Å². The maximum atomic E-state index is 13.7. The van der Waals surface area contributed by atoms with Crippen LogP contribution in [0.5, 0.6) is 5.75 Å². The first-order valence-corrected chi connectivity index (χ1v) is 6.94. The molecule has 1 saturated heterocycles. The summed E-state index contributed by atoms with van der Waals surface area (Å²) in [5.74, 6) is -1.13. The molecule has 110 valence electrons. The quantitative estimate of drug-likeness (QED) is 0.633. The number of hydrogen-bond donors (Lipinski definition) is 0. The van der Waals surface area contributed by atoms with Crippen molar-refractivity contribution in [1.82, 2.24) is 4.90 Å².